The number of carbonyl (C=O) groups is 1. The summed E-state index contributed by atoms with van der Waals surface area (Å²) < 4.78 is 17.9. The lowest BCUT2D eigenvalue weighted by molar-refractivity contribution is 0.0926. The van der Waals surface area contributed by atoms with E-state index in [9.17, 15) is 9.18 Å². The van der Waals surface area contributed by atoms with Gasteiger partial charge in [-0.15, -0.1) is 24.0 Å². The van der Waals surface area contributed by atoms with Crippen LogP contribution < -0.4 is 16.0 Å². The molecule has 2 rings (SSSR count). The summed E-state index contributed by atoms with van der Waals surface area (Å²) in [5.74, 6) is 0.487. The van der Waals surface area contributed by atoms with E-state index in [-0.39, 0.29) is 35.7 Å². The highest BCUT2D eigenvalue weighted by Crippen LogP contribution is 2.03. The highest BCUT2D eigenvalue weighted by atomic mass is 127. The van der Waals surface area contributed by atoms with Crippen LogP contribution in [0.5, 0.6) is 0 Å². The van der Waals surface area contributed by atoms with Crippen LogP contribution in [0.1, 0.15) is 23.0 Å². The summed E-state index contributed by atoms with van der Waals surface area (Å²) in [6, 6.07) is 9.70. The molecule has 0 unspecified atom stereocenters. The van der Waals surface area contributed by atoms with Gasteiger partial charge in [0, 0.05) is 26.2 Å². The van der Waals surface area contributed by atoms with Gasteiger partial charge in [-0.2, -0.15) is 0 Å². The number of hydrogen-bond acceptors (Lipinski definition) is 3. The number of halogens is 2. The van der Waals surface area contributed by atoms with Gasteiger partial charge in [-0.1, -0.05) is 12.1 Å². The number of amides is 1. The molecule has 1 aromatic heterocycles. The topological polar surface area (TPSA) is 78.7 Å². The molecule has 0 saturated heterocycles. The fourth-order valence-electron chi connectivity index (χ4n) is 2.14. The van der Waals surface area contributed by atoms with Gasteiger partial charge in [0.15, 0.2) is 11.7 Å². The molecule has 1 heterocycles. The fourth-order valence-corrected chi connectivity index (χ4v) is 2.14. The van der Waals surface area contributed by atoms with Crippen molar-refractivity contribution in [3.63, 3.8) is 0 Å². The molecule has 3 N–H and O–H groups in total. The van der Waals surface area contributed by atoms with Crippen LogP contribution in [-0.4, -0.2) is 38.0 Å². The summed E-state index contributed by atoms with van der Waals surface area (Å²) in [6.45, 7) is 4.29. The third-order valence-corrected chi connectivity index (χ3v) is 3.38. The van der Waals surface area contributed by atoms with E-state index < -0.39 is 0 Å². The molecule has 6 nitrogen and oxygen atoms in total. The maximum absolute atomic E-state index is 12.9. The first-order valence-corrected chi connectivity index (χ1v) is 8.27. The Labute approximate surface area is 169 Å². The molecule has 0 spiro atoms. The van der Waals surface area contributed by atoms with Crippen LogP contribution >= 0.6 is 24.0 Å². The van der Waals surface area contributed by atoms with E-state index in [1.54, 1.807) is 24.3 Å². The molecule has 0 fully saturated rings. The summed E-state index contributed by atoms with van der Waals surface area (Å²) in [6.07, 6.45) is 2.19. The van der Waals surface area contributed by atoms with Crippen molar-refractivity contribution in [3.8, 4) is 0 Å². The van der Waals surface area contributed by atoms with Crippen molar-refractivity contribution in [1.29, 1.82) is 0 Å². The zero-order valence-electron chi connectivity index (χ0n) is 14.6. The monoisotopic (exact) mass is 474 g/mol. The van der Waals surface area contributed by atoms with Crippen molar-refractivity contribution in [2.24, 2.45) is 4.99 Å². The van der Waals surface area contributed by atoms with Gasteiger partial charge in [-0.25, -0.2) is 4.39 Å². The zero-order valence-corrected chi connectivity index (χ0v) is 17.0. The Balaban J connectivity index is 0.00000338. The second-order valence-electron chi connectivity index (χ2n) is 5.30. The predicted molar refractivity (Wildman–Crippen MR) is 111 cm³/mol. The largest absolute Gasteiger partial charge is 0.459 e. The number of benzene rings is 1. The number of rotatable bonds is 8. The molecular weight excluding hydrogens is 450 g/mol. The standard InChI is InChI=1S/C18H23FN4O2.HI/c1-2-20-18(22-10-9-14-5-7-15(19)8-6-14)23-12-11-21-17(24)16-4-3-13-25-16;/h3-8,13H,2,9-12H2,1H3,(H,21,24)(H2,20,22,23);1H. The van der Waals surface area contributed by atoms with Gasteiger partial charge < -0.3 is 20.4 Å². The first-order chi connectivity index (χ1) is 12.2. The average molecular weight is 474 g/mol. The van der Waals surface area contributed by atoms with Crippen LogP contribution in [0.3, 0.4) is 0 Å². The van der Waals surface area contributed by atoms with Crippen molar-refractivity contribution in [3.05, 3.63) is 59.8 Å². The van der Waals surface area contributed by atoms with Gasteiger partial charge in [-0.05, 0) is 43.2 Å². The van der Waals surface area contributed by atoms with Crippen molar-refractivity contribution >= 4 is 35.8 Å². The van der Waals surface area contributed by atoms with Crippen LogP contribution in [0.2, 0.25) is 0 Å². The Kier molecular flexibility index (Phi) is 10.4. The average Bonchev–Trinajstić information content (AvgIpc) is 3.15. The Morgan fingerprint density at radius 2 is 1.85 bits per heavy atom. The van der Waals surface area contributed by atoms with Gasteiger partial charge >= 0.3 is 0 Å². The van der Waals surface area contributed by atoms with Crippen molar-refractivity contribution in [1.82, 2.24) is 16.0 Å². The van der Waals surface area contributed by atoms with E-state index in [0.29, 0.717) is 31.4 Å². The smallest absolute Gasteiger partial charge is 0.287 e. The fraction of sp³-hybridized carbons (Fsp3) is 0.333. The van der Waals surface area contributed by atoms with E-state index in [2.05, 4.69) is 20.9 Å². The number of guanidine groups is 1. The minimum atomic E-state index is -0.245. The van der Waals surface area contributed by atoms with Crippen LogP contribution in [0.4, 0.5) is 4.39 Å². The number of nitrogens with zero attached hydrogens (tertiary/aromatic N) is 1. The van der Waals surface area contributed by atoms with Crippen molar-refractivity contribution < 1.29 is 13.6 Å². The molecule has 0 saturated carbocycles. The number of aliphatic imine (C=N–C) groups is 1. The van der Waals surface area contributed by atoms with Gasteiger partial charge in [0.05, 0.1) is 6.26 Å². The van der Waals surface area contributed by atoms with Gasteiger partial charge in [0.1, 0.15) is 5.82 Å². The molecule has 0 radical (unpaired) electrons. The Morgan fingerprint density at radius 1 is 1.12 bits per heavy atom. The molecule has 0 bridgehead atoms. The van der Waals surface area contributed by atoms with Crippen LogP contribution in [-0.2, 0) is 6.42 Å². The highest BCUT2D eigenvalue weighted by molar-refractivity contribution is 14.0. The maximum Gasteiger partial charge on any atom is 0.287 e. The Morgan fingerprint density at radius 3 is 2.50 bits per heavy atom. The number of nitrogens with one attached hydrogen (secondary N) is 3. The van der Waals surface area contributed by atoms with Gasteiger partial charge in [-0.3, -0.25) is 9.79 Å². The molecule has 0 aliphatic carbocycles. The minimum absolute atomic E-state index is 0. The van der Waals surface area contributed by atoms with E-state index in [4.69, 9.17) is 4.42 Å². The summed E-state index contributed by atoms with van der Waals surface area (Å²) in [5, 5.41) is 9.05. The summed E-state index contributed by atoms with van der Waals surface area (Å²) in [7, 11) is 0. The second kappa shape index (κ2) is 12.3. The van der Waals surface area contributed by atoms with E-state index in [1.807, 2.05) is 6.92 Å². The van der Waals surface area contributed by atoms with Gasteiger partial charge in [0.2, 0.25) is 0 Å². The normalized spacial score (nSPS) is 10.8. The molecular formula is C18H24FIN4O2. The van der Waals surface area contributed by atoms with Crippen molar-refractivity contribution in [2.45, 2.75) is 13.3 Å². The van der Waals surface area contributed by atoms with Crippen LogP contribution in [0.15, 0.2) is 52.1 Å². The molecule has 0 aliphatic heterocycles. The first kappa shape index (κ1) is 21.9. The quantitative estimate of drug-likeness (QED) is 0.238. The number of carbonyl (C=O) groups excluding carboxylic acids is 1. The third-order valence-electron chi connectivity index (χ3n) is 3.38. The van der Waals surface area contributed by atoms with E-state index >= 15 is 0 Å². The lowest BCUT2D eigenvalue weighted by atomic mass is 10.1. The molecule has 142 valence electrons. The minimum Gasteiger partial charge on any atom is -0.459 e. The molecule has 8 heteroatoms. The molecule has 26 heavy (non-hydrogen) atoms. The molecule has 0 aliphatic rings. The molecule has 1 amide bonds. The van der Waals surface area contributed by atoms with Crippen molar-refractivity contribution in [2.75, 3.05) is 26.2 Å². The SMILES string of the molecule is CCNC(=NCCc1ccc(F)cc1)NCCNC(=O)c1ccco1.I. The lowest BCUT2D eigenvalue weighted by Crippen LogP contribution is -2.41. The molecule has 0 atom stereocenters. The Hall–Kier alpha value is -2.10. The van der Waals surface area contributed by atoms with Crippen LogP contribution in [0, 0.1) is 5.82 Å². The zero-order chi connectivity index (χ0) is 17.9. The number of hydrogen-bond donors (Lipinski definition) is 3. The summed E-state index contributed by atoms with van der Waals surface area (Å²) in [5.41, 5.74) is 1.03. The van der Waals surface area contributed by atoms with E-state index in [1.165, 1.54) is 18.4 Å². The maximum atomic E-state index is 12.9. The Bertz CT molecular complexity index is 675. The second-order valence-corrected chi connectivity index (χ2v) is 5.30. The predicted octanol–water partition coefficient (Wildman–Crippen LogP) is 2.56. The van der Waals surface area contributed by atoms with Crippen LogP contribution in [0.25, 0.3) is 0 Å². The highest BCUT2D eigenvalue weighted by Gasteiger charge is 2.06. The summed E-state index contributed by atoms with van der Waals surface area (Å²) in [4.78, 5) is 16.2. The lowest BCUT2D eigenvalue weighted by Gasteiger charge is -2.11. The first-order valence-electron chi connectivity index (χ1n) is 8.27. The summed E-state index contributed by atoms with van der Waals surface area (Å²) >= 11 is 0. The van der Waals surface area contributed by atoms with E-state index in [0.717, 1.165) is 18.5 Å². The molecule has 2 aromatic rings. The van der Waals surface area contributed by atoms with Gasteiger partial charge in [0.25, 0.3) is 5.91 Å². The number of furan rings is 1. The molecule has 1 aromatic carbocycles. The third kappa shape index (κ3) is 7.85.